The Balaban J connectivity index is 2.27. The molecule has 1 N–H and O–H groups in total. The molecule has 0 radical (unpaired) electrons. The van der Waals surface area contributed by atoms with E-state index in [0.29, 0.717) is 6.04 Å². The molecule has 100 valence electrons. The SMILES string of the molecule is CC(C)(C)[C@H](c1ccc(Cl)cc1)N1CCNCC1. The van der Waals surface area contributed by atoms with Crippen LogP contribution in [0.15, 0.2) is 24.3 Å². The average molecular weight is 267 g/mol. The number of hydrogen-bond acceptors (Lipinski definition) is 2. The first-order valence-electron chi connectivity index (χ1n) is 6.69. The molecule has 0 unspecified atom stereocenters. The molecule has 0 saturated carbocycles. The van der Waals surface area contributed by atoms with Gasteiger partial charge in [-0.2, -0.15) is 0 Å². The van der Waals surface area contributed by atoms with Crippen LogP contribution >= 0.6 is 11.6 Å². The molecular formula is C15H23ClN2. The van der Waals surface area contributed by atoms with Gasteiger partial charge in [-0.15, -0.1) is 0 Å². The van der Waals surface area contributed by atoms with Crippen LogP contribution in [-0.2, 0) is 0 Å². The molecule has 0 amide bonds. The summed E-state index contributed by atoms with van der Waals surface area (Å²) < 4.78 is 0. The maximum Gasteiger partial charge on any atom is 0.0406 e. The van der Waals surface area contributed by atoms with Crippen molar-refractivity contribution in [2.75, 3.05) is 26.2 Å². The molecule has 1 atom stereocenters. The molecule has 0 aliphatic carbocycles. The van der Waals surface area contributed by atoms with Crippen molar-refractivity contribution in [3.05, 3.63) is 34.9 Å². The first kappa shape index (κ1) is 13.9. The minimum atomic E-state index is 0.227. The van der Waals surface area contributed by atoms with E-state index in [9.17, 15) is 0 Å². The molecule has 1 fully saturated rings. The van der Waals surface area contributed by atoms with Gasteiger partial charge in [0.05, 0.1) is 0 Å². The van der Waals surface area contributed by atoms with Gasteiger partial charge in [0.1, 0.15) is 0 Å². The Kier molecular flexibility index (Phi) is 4.31. The lowest BCUT2D eigenvalue weighted by Gasteiger charge is -2.42. The lowest BCUT2D eigenvalue weighted by Crippen LogP contribution is -2.48. The summed E-state index contributed by atoms with van der Waals surface area (Å²) in [7, 11) is 0. The van der Waals surface area contributed by atoms with Crippen molar-refractivity contribution in [3.8, 4) is 0 Å². The van der Waals surface area contributed by atoms with E-state index in [1.165, 1.54) is 5.56 Å². The fourth-order valence-corrected chi connectivity index (χ4v) is 2.97. The lowest BCUT2D eigenvalue weighted by molar-refractivity contribution is 0.0862. The van der Waals surface area contributed by atoms with Gasteiger partial charge in [-0.05, 0) is 23.1 Å². The number of halogens is 1. The van der Waals surface area contributed by atoms with Crippen LogP contribution in [0.4, 0.5) is 0 Å². The first-order chi connectivity index (χ1) is 8.48. The maximum absolute atomic E-state index is 5.99. The molecule has 3 heteroatoms. The molecule has 1 saturated heterocycles. The van der Waals surface area contributed by atoms with Gasteiger partial charge in [0.25, 0.3) is 0 Å². The van der Waals surface area contributed by atoms with Crippen LogP contribution in [0.2, 0.25) is 5.02 Å². The van der Waals surface area contributed by atoms with Crippen molar-refractivity contribution in [1.29, 1.82) is 0 Å². The minimum absolute atomic E-state index is 0.227. The van der Waals surface area contributed by atoms with Crippen molar-refractivity contribution in [3.63, 3.8) is 0 Å². The number of rotatable bonds is 2. The Labute approximate surface area is 115 Å². The van der Waals surface area contributed by atoms with Crippen LogP contribution in [0.1, 0.15) is 32.4 Å². The molecular weight excluding hydrogens is 244 g/mol. The van der Waals surface area contributed by atoms with Crippen LogP contribution < -0.4 is 5.32 Å². The summed E-state index contributed by atoms with van der Waals surface area (Å²) in [5, 5.41) is 4.23. The van der Waals surface area contributed by atoms with Gasteiger partial charge >= 0.3 is 0 Å². The van der Waals surface area contributed by atoms with Crippen LogP contribution in [0, 0.1) is 5.41 Å². The second kappa shape index (κ2) is 5.60. The summed E-state index contributed by atoms with van der Waals surface area (Å²) in [6.07, 6.45) is 0. The van der Waals surface area contributed by atoms with E-state index in [4.69, 9.17) is 11.6 Å². The van der Waals surface area contributed by atoms with Crippen LogP contribution in [0.5, 0.6) is 0 Å². The average Bonchev–Trinajstić information content (AvgIpc) is 2.32. The Hall–Kier alpha value is -0.570. The lowest BCUT2D eigenvalue weighted by atomic mass is 9.81. The van der Waals surface area contributed by atoms with Crippen molar-refractivity contribution < 1.29 is 0 Å². The van der Waals surface area contributed by atoms with E-state index in [1.807, 2.05) is 12.1 Å². The zero-order chi connectivity index (χ0) is 13.2. The quantitative estimate of drug-likeness (QED) is 0.883. The Morgan fingerprint density at radius 3 is 2.17 bits per heavy atom. The minimum Gasteiger partial charge on any atom is -0.314 e. The van der Waals surface area contributed by atoms with E-state index in [-0.39, 0.29) is 5.41 Å². The van der Waals surface area contributed by atoms with Gasteiger partial charge in [0.15, 0.2) is 0 Å². The Morgan fingerprint density at radius 2 is 1.67 bits per heavy atom. The van der Waals surface area contributed by atoms with Gasteiger partial charge in [0, 0.05) is 37.2 Å². The normalized spacial score (nSPS) is 19.8. The second-order valence-electron chi connectivity index (χ2n) is 6.11. The molecule has 1 aliphatic rings. The van der Waals surface area contributed by atoms with Crippen LogP contribution in [-0.4, -0.2) is 31.1 Å². The van der Waals surface area contributed by atoms with Gasteiger partial charge in [-0.1, -0.05) is 44.5 Å². The summed E-state index contributed by atoms with van der Waals surface area (Å²) >= 11 is 5.99. The topological polar surface area (TPSA) is 15.3 Å². The third-order valence-electron chi connectivity index (χ3n) is 3.52. The molecule has 1 aromatic carbocycles. The van der Waals surface area contributed by atoms with Gasteiger partial charge < -0.3 is 5.32 Å². The monoisotopic (exact) mass is 266 g/mol. The molecule has 18 heavy (non-hydrogen) atoms. The third kappa shape index (κ3) is 3.25. The Bertz CT molecular complexity index is 374. The maximum atomic E-state index is 5.99. The fraction of sp³-hybridized carbons (Fsp3) is 0.600. The first-order valence-corrected chi connectivity index (χ1v) is 7.06. The molecule has 1 aliphatic heterocycles. The summed E-state index contributed by atoms with van der Waals surface area (Å²) in [4.78, 5) is 2.58. The van der Waals surface area contributed by atoms with Crippen molar-refractivity contribution in [1.82, 2.24) is 10.2 Å². The largest absolute Gasteiger partial charge is 0.314 e. The van der Waals surface area contributed by atoms with Gasteiger partial charge in [-0.3, -0.25) is 4.90 Å². The number of nitrogens with one attached hydrogen (secondary N) is 1. The zero-order valence-electron chi connectivity index (χ0n) is 11.5. The van der Waals surface area contributed by atoms with E-state index >= 15 is 0 Å². The number of piperazine rings is 1. The van der Waals surface area contributed by atoms with Crippen molar-refractivity contribution in [2.24, 2.45) is 5.41 Å². The van der Waals surface area contributed by atoms with E-state index in [0.717, 1.165) is 31.2 Å². The van der Waals surface area contributed by atoms with Crippen LogP contribution in [0.25, 0.3) is 0 Å². The summed E-state index contributed by atoms with van der Waals surface area (Å²) in [5.74, 6) is 0. The fourth-order valence-electron chi connectivity index (χ4n) is 2.84. The smallest absolute Gasteiger partial charge is 0.0406 e. The summed E-state index contributed by atoms with van der Waals surface area (Å²) in [6, 6.07) is 8.79. The molecule has 1 aromatic rings. The highest BCUT2D eigenvalue weighted by atomic mass is 35.5. The standard InChI is InChI=1S/C15H23ClN2/c1-15(2,3)14(18-10-8-17-9-11-18)12-4-6-13(16)7-5-12/h4-7,14,17H,8-11H2,1-3H3/t14-/m0/s1. The highest BCUT2D eigenvalue weighted by Crippen LogP contribution is 2.38. The van der Waals surface area contributed by atoms with Crippen LogP contribution in [0.3, 0.4) is 0 Å². The number of hydrogen-bond donors (Lipinski definition) is 1. The van der Waals surface area contributed by atoms with Gasteiger partial charge in [0.2, 0.25) is 0 Å². The molecule has 2 rings (SSSR count). The second-order valence-corrected chi connectivity index (χ2v) is 6.54. The molecule has 0 spiro atoms. The molecule has 0 bridgehead atoms. The predicted molar refractivity (Wildman–Crippen MR) is 78.1 cm³/mol. The number of benzene rings is 1. The Morgan fingerprint density at radius 1 is 1.11 bits per heavy atom. The van der Waals surface area contributed by atoms with E-state index in [2.05, 4.69) is 43.1 Å². The zero-order valence-corrected chi connectivity index (χ0v) is 12.3. The highest BCUT2D eigenvalue weighted by Gasteiger charge is 2.32. The number of nitrogens with zero attached hydrogens (tertiary/aromatic N) is 1. The summed E-state index contributed by atoms with van der Waals surface area (Å²) in [6.45, 7) is 11.3. The highest BCUT2D eigenvalue weighted by molar-refractivity contribution is 6.30. The van der Waals surface area contributed by atoms with E-state index < -0.39 is 0 Å². The van der Waals surface area contributed by atoms with Crippen molar-refractivity contribution >= 4 is 11.6 Å². The summed E-state index contributed by atoms with van der Waals surface area (Å²) in [5.41, 5.74) is 1.60. The predicted octanol–water partition coefficient (Wildman–Crippen LogP) is 3.33. The van der Waals surface area contributed by atoms with Crippen molar-refractivity contribution in [2.45, 2.75) is 26.8 Å². The third-order valence-corrected chi connectivity index (χ3v) is 3.77. The van der Waals surface area contributed by atoms with Gasteiger partial charge in [-0.25, -0.2) is 0 Å². The molecule has 0 aromatic heterocycles. The molecule has 2 nitrogen and oxygen atoms in total. The van der Waals surface area contributed by atoms with E-state index in [1.54, 1.807) is 0 Å². The molecule has 1 heterocycles.